The van der Waals surface area contributed by atoms with Gasteiger partial charge in [0.1, 0.15) is 5.03 Å². The second-order valence-electron chi connectivity index (χ2n) is 3.40. The minimum absolute atomic E-state index is 0.759. The van der Waals surface area contributed by atoms with E-state index in [0.29, 0.717) is 0 Å². The second kappa shape index (κ2) is 5.55. The van der Waals surface area contributed by atoms with E-state index in [1.165, 1.54) is 0 Å². The molecule has 0 radical (unpaired) electrons. The van der Waals surface area contributed by atoms with Gasteiger partial charge in [-0.05, 0) is 18.6 Å². The van der Waals surface area contributed by atoms with Crippen LogP contribution < -0.4 is 5.73 Å². The number of hydrogen-bond donors (Lipinski definition) is 1. The molecule has 0 unspecified atom stereocenters. The maximum Gasteiger partial charge on any atom is 0.119 e. The molecule has 2 rings (SSSR count). The van der Waals surface area contributed by atoms with Gasteiger partial charge in [0, 0.05) is 30.9 Å². The van der Waals surface area contributed by atoms with Gasteiger partial charge in [0.05, 0.1) is 12.0 Å². The molecule has 0 atom stereocenters. The number of nitrogens with two attached hydrogens (primary N) is 1. The Morgan fingerprint density at radius 3 is 3.06 bits per heavy atom. The number of imidazole rings is 1. The van der Waals surface area contributed by atoms with E-state index in [1.54, 1.807) is 24.2 Å². The molecule has 0 fully saturated rings. The first-order valence-electron chi connectivity index (χ1n) is 5.15. The summed E-state index contributed by atoms with van der Waals surface area (Å²) in [5, 5.41) is 0.924. The van der Waals surface area contributed by atoms with Crippen molar-refractivity contribution in [2.75, 3.05) is 11.5 Å². The molecular weight excluding hydrogens is 220 g/mol. The van der Waals surface area contributed by atoms with Crippen LogP contribution >= 0.6 is 11.8 Å². The van der Waals surface area contributed by atoms with E-state index in [1.807, 2.05) is 24.7 Å². The zero-order valence-corrected chi connectivity index (χ0v) is 9.73. The summed E-state index contributed by atoms with van der Waals surface area (Å²) in [6.07, 6.45) is 8.45. The lowest BCUT2D eigenvalue weighted by Crippen LogP contribution is -1.97. The molecule has 0 aliphatic heterocycles. The quantitative estimate of drug-likeness (QED) is 0.635. The summed E-state index contributed by atoms with van der Waals surface area (Å²) in [6.45, 7) is 0.986. The van der Waals surface area contributed by atoms with E-state index in [-0.39, 0.29) is 0 Å². The van der Waals surface area contributed by atoms with Gasteiger partial charge in [0.15, 0.2) is 0 Å². The van der Waals surface area contributed by atoms with Crippen molar-refractivity contribution in [2.24, 2.45) is 0 Å². The number of hydrogen-bond acceptors (Lipinski definition) is 4. The van der Waals surface area contributed by atoms with Crippen molar-refractivity contribution in [1.82, 2.24) is 14.5 Å². The standard InChI is InChI=1S/C11H14N4S/c12-10-3-1-4-14-11(10)16-8-2-6-15-7-5-13-9-15/h1,3-5,7,9H,2,6,8,12H2. The van der Waals surface area contributed by atoms with Crippen molar-refractivity contribution in [3.63, 3.8) is 0 Å². The SMILES string of the molecule is Nc1cccnc1SCCCn1ccnc1. The second-order valence-corrected chi connectivity index (χ2v) is 4.48. The van der Waals surface area contributed by atoms with Gasteiger partial charge < -0.3 is 10.3 Å². The largest absolute Gasteiger partial charge is 0.397 e. The fourth-order valence-corrected chi connectivity index (χ4v) is 2.20. The van der Waals surface area contributed by atoms with Gasteiger partial charge in [-0.25, -0.2) is 9.97 Å². The van der Waals surface area contributed by atoms with Crippen LogP contribution in [0.2, 0.25) is 0 Å². The molecule has 2 N–H and O–H groups in total. The molecule has 0 aliphatic rings. The Hall–Kier alpha value is -1.49. The monoisotopic (exact) mass is 234 g/mol. The Bertz CT molecular complexity index is 427. The summed E-state index contributed by atoms with van der Waals surface area (Å²) in [4.78, 5) is 8.23. The first-order chi connectivity index (χ1) is 7.86. The molecule has 84 valence electrons. The lowest BCUT2D eigenvalue weighted by molar-refractivity contribution is 0.683. The lowest BCUT2D eigenvalue weighted by atomic mass is 10.4. The van der Waals surface area contributed by atoms with E-state index in [9.17, 15) is 0 Å². The van der Waals surface area contributed by atoms with Crippen LogP contribution in [0.5, 0.6) is 0 Å². The van der Waals surface area contributed by atoms with Crippen molar-refractivity contribution in [1.29, 1.82) is 0 Å². The van der Waals surface area contributed by atoms with Gasteiger partial charge >= 0.3 is 0 Å². The highest BCUT2D eigenvalue weighted by Gasteiger charge is 1.99. The molecule has 2 aromatic rings. The third-order valence-corrected chi connectivity index (χ3v) is 3.27. The molecule has 0 aromatic carbocycles. The number of rotatable bonds is 5. The molecule has 0 aliphatic carbocycles. The predicted octanol–water partition coefficient (Wildman–Crippen LogP) is 2.04. The average molecular weight is 234 g/mol. The van der Waals surface area contributed by atoms with Crippen LogP contribution in [0.4, 0.5) is 5.69 Å². The van der Waals surface area contributed by atoms with Crippen LogP contribution in [0.15, 0.2) is 42.1 Å². The minimum Gasteiger partial charge on any atom is -0.397 e. The van der Waals surface area contributed by atoms with E-state index >= 15 is 0 Å². The Balaban J connectivity index is 1.74. The fourth-order valence-electron chi connectivity index (χ4n) is 1.36. The topological polar surface area (TPSA) is 56.7 Å². The van der Waals surface area contributed by atoms with Crippen molar-refractivity contribution in [3.05, 3.63) is 37.1 Å². The summed E-state index contributed by atoms with van der Waals surface area (Å²) < 4.78 is 2.07. The summed E-state index contributed by atoms with van der Waals surface area (Å²) in [6, 6.07) is 3.73. The number of anilines is 1. The van der Waals surface area contributed by atoms with Crippen LogP contribution in [0.1, 0.15) is 6.42 Å². The molecule has 0 saturated carbocycles. The van der Waals surface area contributed by atoms with E-state index in [2.05, 4.69) is 14.5 Å². The maximum absolute atomic E-state index is 5.80. The normalized spacial score (nSPS) is 10.5. The van der Waals surface area contributed by atoms with Crippen LogP contribution in [-0.4, -0.2) is 20.3 Å². The summed E-state index contributed by atoms with van der Waals surface area (Å²) >= 11 is 1.70. The Morgan fingerprint density at radius 2 is 2.31 bits per heavy atom. The van der Waals surface area contributed by atoms with Gasteiger partial charge in [-0.15, -0.1) is 11.8 Å². The third-order valence-electron chi connectivity index (χ3n) is 2.16. The minimum atomic E-state index is 0.759. The molecule has 0 saturated heterocycles. The van der Waals surface area contributed by atoms with Crippen molar-refractivity contribution < 1.29 is 0 Å². The predicted molar refractivity (Wildman–Crippen MR) is 66.2 cm³/mol. The van der Waals surface area contributed by atoms with Gasteiger partial charge in [0.25, 0.3) is 0 Å². The molecule has 0 spiro atoms. The smallest absolute Gasteiger partial charge is 0.119 e. The molecule has 16 heavy (non-hydrogen) atoms. The van der Waals surface area contributed by atoms with E-state index in [0.717, 1.165) is 29.4 Å². The van der Waals surface area contributed by atoms with Crippen LogP contribution in [0.3, 0.4) is 0 Å². The number of aromatic nitrogens is 3. The number of nitrogens with zero attached hydrogens (tertiary/aromatic N) is 3. The zero-order chi connectivity index (χ0) is 11.2. The lowest BCUT2D eigenvalue weighted by Gasteiger charge is -2.04. The number of aryl methyl sites for hydroxylation is 1. The molecule has 0 bridgehead atoms. The molecular formula is C11H14N4S. The molecule has 0 amide bonds. The first kappa shape index (κ1) is 11.0. The summed E-state index contributed by atoms with van der Waals surface area (Å²) in [5.41, 5.74) is 6.56. The van der Waals surface area contributed by atoms with Gasteiger partial charge in [-0.3, -0.25) is 0 Å². The van der Waals surface area contributed by atoms with E-state index < -0.39 is 0 Å². The van der Waals surface area contributed by atoms with Crippen LogP contribution in [0, 0.1) is 0 Å². The number of nitrogen functional groups attached to an aromatic ring is 1. The number of pyridine rings is 1. The van der Waals surface area contributed by atoms with Crippen molar-refractivity contribution in [2.45, 2.75) is 18.0 Å². The highest BCUT2D eigenvalue weighted by atomic mass is 32.2. The molecule has 4 nitrogen and oxygen atoms in total. The third kappa shape index (κ3) is 3.00. The molecule has 2 aromatic heterocycles. The van der Waals surface area contributed by atoms with Gasteiger partial charge in [0.2, 0.25) is 0 Å². The van der Waals surface area contributed by atoms with Crippen LogP contribution in [0.25, 0.3) is 0 Å². The number of thioether (sulfide) groups is 1. The van der Waals surface area contributed by atoms with E-state index in [4.69, 9.17) is 5.73 Å². The van der Waals surface area contributed by atoms with Gasteiger partial charge in [-0.2, -0.15) is 0 Å². The fraction of sp³-hybridized carbons (Fsp3) is 0.273. The molecule has 5 heteroatoms. The molecule has 2 heterocycles. The highest BCUT2D eigenvalue weighted by molar-refractivity contribution is 7.99. The maximum atomic E-state index is 5.80. The summed E-state index contributed by atoms with van der Waals surface area (Å²) in [5.74, 6) is 1.01. The Labute approximate surface area is 98.9 Å². The Kier molecular flexibility index (Phi) is 3.82. The van der Waals surface area contributed by atoms with Crippen molar-refractivity contribution in [3.8, 4) is 0 Å². The van der Waals surface area contributed by atoms with Crippen molar-refractivity contribution >= 4 is 17.4 Å². The Morgan fingerprint density at radius 1 is 1.38 bits per heavy atom. The zero-order valence-electron chi connectivity index (χ0n) is 8.91. The highest BCUT2D eigenvalue weighted by Crippen LogP contribution is 2.22. The summed E-state index contributed by atoms with van der Waals surface area (Å²) in [7, 11) is 0. The van der Waals surface area contributed by atoms with Gasteiger partial charge in [-0.1, -0.05) is 0 Å². The van der Waals surface area contributed by atoms with Crippen LogP contribution in [-0.2, 0) is 6.54 Å². The average Bonchev–Trinajstić information content (AvgIpc) is 2.79. The first-order valence-corrected chi connectivity index (χ1v) is 6.14.